The summed E-state index contributed by atoms with van der Waals surface area (Å²) in [7, 11) is 0. The molecular weight excluding hydrogens is 530 g/mol. The van der Waals surface area contributed by atoms with Crippen molar-refractivity contribution in [1.82, 2.24) is 0 Å². The van der Waals surface area contributed by atoms with Gasteiger partial charge in [-0.3, -0.25) is 19.2 Å². The SMILES string of the molecule is O=C(O)c1cccc(NC(=O)c2cc(C(=O)Nc3cccc(C(=O)O)c3)cc(N3C(=O)c4ccccc4C3=O)c2)c1. The van der Waals surface area contributed by atoms with Crippen molar-refractivity contribution in [2.75, 3.05) is 15.5 Å². The molecule has 0 atom stereocenters. The van der Waals surface area contributed by atoms with E-state index < -0.39 is 35.6 Å². The lowest BCUT2D eigenvalue weighted by atomic mass is 10.1. The monoisotopic (exact) mass is 549 g/mol. The highest BCUT2D eigenvalue weighted by Gasteiger charge is 2.37. The minimum atomic E-state index is -1.19. The summed E-state index contributed by atoms with van der Waals surface area (Å²) < 4.78 is 0. The molecule has 0 unspecified atom stereocenters. The summed E-state index contributed by atoms with van der Waals surface area (Å²) in [5, 5.41) is 23.6. The smallest absolute Gasteiger partial charge is 0.335 e. The molecule has 0 saturated carbocycles. The Morgan fingerprint density at radius 3 is 1.39 bits per heavy atom. The van der Waals surface area contributed by atoms with Crippen LogP contribution in [0.25, 0.3) is 0 Å². The van der Waals surface area contributed by atoms with Crippen LogP contribution in [0, 0.1) is 0 Å². The molecule has 0 spiro atoms. The standard InChI is InChI=1S/C30H19N3O8/c34-25(31-20-7-3-5-16(12-20)29(38)39)18-11-19(26(35)32-21-8-4-6-17(13-21)30(40)41)15-22(14-18)33-27(36)23-9-1-2-10-24(23)28(33)37/h1-15H,(H,31,34)(H,32,35)(H,38,39)(H,40,41). The number of benzene rings is 4. The topological polar surface area (TPSA) is 170 Å². The number of aromatic carboxylic acids is 2. The van der Waals surface area contributed by atoms with Crippen LogP contribution < -0.4 is 15.5 Å². The highest BCUT2D eigenvalue weighted by atomic mass is 16.4. The van der Waals surface area contributed by atoms with Gasteiger partial charge in [0.15, 0.2) is 0 Å². The second kappa shape index (κ2) is 10.6. The van der Waals surface area contributed by atoms with Crippen molar-refractivity contribution >= 4 is 52.6 Å². The lowest BCUT2D eigenvalue weighted by molar-refractivity contribution is 0.0686. The van der Waals surface area contributed by atoms with Gasteiger partial charge in [0.25, 0.3) is 23.6 Å². The number of rotatable bonds is 7. The predicted octanol–water partition coefficient (Wildman–Crippen LogP) is 4.39. The molecule has 5 rings (SSSR count). The minimum Gasteiger partial charge on any atom is -0.478 e. The molecule has 0 aromatic heterocycles. The maximum absolute atomic E-state index is 13.3. The maximum atomic E-state index is 13.3. The van der Waals surface area contributed by atoms with Crippen LogP contribution >= 0.6 is 0 Å². The molecule has 0 fully saturated rings. The molecule has 11 heteroatoms. The lowest BCUT2D eigenvalue weighted by Gasteiger charge is -2.17. The zero-order valence-electron chi connectivity index (χ0n) is 21.0. The van der Waals surface area contributed by atoms with E-state index in [1.54, 1.807) is 12.1 Å². The van der Waals surface area contributed by atoms with E-state index in [1.165, 1.54) is 78.9 Å². The molecule has 0 saturated heterocycles. The molecule has 11 nitrogen and oxygen atoms in total. The summed E-state index contributed by atoms with van der Waals surface area (Å²) >= 11 is 0. The van der Waals surface area contributed by atoms with E-state index in [2.05, 4.69) is 10.6 Å². The van der Waals surface area contributed by atoms with Crippen molar-refractivity contribution in [2.24, 2.45) is 0 Å². The molecule has 1 aliphatic heterocycles. The number of carbonyl (C=O) groups is 6. The van der Waals surface area contributed by atoms with E-state index >= 15 is 0 Å². The van der Waals surface area contributed by atoms with E-state index in [0.717, 1.165) is 4.90 Å². The summed E-state index contributed by atoms with van der Waals surface area (Å²) in [6.45, 7) is 0. The van der Waals surface area contributed by atoms with Crippen molar-refractivity contribution in [2.45, 2.75) is 0 Å². The molecule has 1 aliphatic rings. The largest absolute Gasteiger partial charge is 0.478 e. The fourth-order valence-corrected chi connectivity index (χ4v) is 4.29. The average molecular weight is 549 g/mol. The molecule has 4 N–H and O–H groups in total. The molecule has 0 aliphatic carbocycles. The number of imide groups is 1. The van der Waals surface area contributed by atoms with E-state index in [9.17, 15) is 39.0 Å². The highest BCUT2D eigenvalue weighted by molar-refractivity contribution is 6.34. The van der Waals surface area contributed by atoms with Crippen molar-refractivity contribution in [1.29, 1.82) is 0 Å². The molecule has 4 amide bonds. The Hall–Kier alpha value is -6.10. The number of nitrogens with zero attached hydrogens (tertiary/aromatic N) is 1. The lowest BCUT2D eigenvalue weighted by Crippen LogP contribution is -2.30. The average Bonchev–Trinajstić information content (AvgIpc) is 3.22. The molecule has 0 radical (unpaired) electrons. The molecule has 4 aromatic rings. The zero-order valence-corrected chi connectivity index (χ0v) is 21.0. The van der Waals surface area contributed by atoms with Gasteiger partial charge in [-0.2, -0.15) is 0 Å². The third-order valence-corrected chi connectivity index (χ3v) is 6.23. The van der Waals surface area contributed by atoms with Crippen LogP contribution in [0.5, 0.6) is 0 Å². The minimum absolute atomic E-state index is 0.0485. The fraction of sp³-hybridized carbons (Fsp3) is 0. The number of nitrogens with one attached hydrogen (secondary N) is 2. The van der Waals surface area contributed by atoms with E-state index in [0.29, 0.717) is 0 Å². The van der Waals surface area contributed by atoms with Gasteiger partial charge in [0, 0.05) is 22.5 Å². The van der Waals surface area contributed by atoms with Gasteiger partial charge in [-0.15, -0.1) is 0 Å². The highest BCUT2D eigenvalue weighted by Crippen LogP contribution is 2.30. The van der Waals surface area contributed by atoms with Crippen LogP contribution in [-0.4, -0.2) is 45.8 Å². The Labute approximate surface area is 231 Å². The second-order valence-corrected chi connectivity index (χ2v) is 8.94. The first-order valence-electron chi connectivity index (χ1n) is 12.0. The number of carboxylic acids is 2. The van der Waals surface area contributed by atoms with Gasteiger partial charge in [0.05, 0.1) is 27.9 Å². The molecule has 1 heterocycles. The summed E-state index contributed by atoms with van der Waals surface area (Å²) in [4.78, 5) is 76.3. The zero-order chi connectivity index (χ0) is 29.3. The number of carboxylic acid groups (broad SMARTS) is 2. The van der Waals surface area contributed by atoms with Gasteiger partial charge in [0.1, 0.15) is 0 Å². The molecule has 41 heavy (non-hydrogen) atoms. The van der Waals surface area contributed by atoms with E-state index in [1.807, 2.05) is 0 Å². The van der Waals surface area contributed by atoms with E-state index in [4.69, 9.17) is 0 Å². The van der Waals surface area contributed by atoms with Gasteiger partial charge in [-0.05, 0) is 66.7 Å². The van der Waals surface area contributed by atoms with Crippen LogP contribution in [0.3, 0.4) is 0 Å². The van der Waals surface area contributed by atoms with Crippen LogP contribution in [0.1, 0.15) is 62.1 Å². The summed E-state index contributed by atoms with van der Waals surface area (Å²) in [6.07, 6.45) is 0. The molecule has 202 valence electrons. The number of hydrogen-bond acceptors (Lipinski definition) is 6. The summed E-state index contributed by atoms with van der Waals surface area (Å²) in [6, 6.07) is 21.0. The van der Waals surface area contributed by atoms with Crippen molar-refractivity contribution in [3.63, 3.8) is 0 Å². The number of amides is 4. The van der Waals surface area contributed by atoms with Crippen LogP contribution in [0.4, 0.5) is 17.1 Å². The van der Waals surface area contributed by atoms with Gasteiger partial charge in [-0.25, -0.2) is 14.5 Å². The van der Waals surface area contributed by atoms with Gasteiger partial charge in [-0.1, -0.05) is 24.3 Å². The second-order valence-electron chi connectivity index (χ2n) is 8.94. The Balaban J connectivity index is 1.54. The van der Waals surface area contributed by atoms with Gasteiger partial charge < -0.3 is 20.8 Å². The number of anilines is 3. The third kappa shape index (κ3) is 5.27. The van der Waals surface area contributed by atoms with Crippen molar-refractivity contribution in [3.05, 3.63) is 124 Å². The Morgan fingerprint density at radius 2 is 0.976 bits per heavy atom. The Bertz CT molecular complexity index is 1670. The maximum Gasteiger partial charge on any atom is 0.335 e. The van der Waals surface area contributed by atoms with E-state index in [-0.39, 0.29) is 50.4 Å². The van der Waals surface area contributed by atoms with Crippen molar-refractivity contribution < 1.29 is 39.0 Å². The van der Waals surface area contributed by atoms with Gasteiger partial charge in [0.2, 0.25) is 0 Å². The van der Waals surface area contributed by atoms with Gasteiger partial charge >= 0.3 is 11.9 Å². The number of carbonyl (C=O) groups excluding carboxylic acids is 4. The summed E-state index contributed by atoms with van der Waals surface area (Å²) in [5.74, 6) is -5.16. The number of fused-ring (bicyclic) bond motifs is 1. The van der Waals surface area contributed by atoms with Crippen molar-refractivity contribution in [3.8, 4) is 0 Å². The first-order chi connectivity index (χ1) is 19.6. The first-order valence-corrected chi connectivity index (χ1v) is 12.0. The fourth-order valence-electron chi connectivity index (χ4n) is 4.29. The predicted molar refractivity (Wildman–Crippen MR) is 147 cm³/mol. The van der Waals surface area contributed by atoms with Crippen LogP contribution in [-0.2, 0) is 0 Å². The Kier molecular flexibility index (Phi) is 6.84. The third-order valence-electron chi connectivity index (χ3n) is 6.23. The molecule has 0 bridgehead atoms. The van der Waals surface area contributed by atoms with Crippen LogP contribution in [0.15, 0.2) is 91.0 Å². The van der Waals surface area contributed by atoms with Crippen LogP contribution in [0.2, 0.25) is 0 Å². The molecular formula is C30H19N3O8. The quantitative estimate of drug-likeness (QED) is 0.246. The molecule has 4 aromatic carbocycles. The Morgan fingerprint density at radius 1 is 0.537 bits per heavy atom. The number of hydrogen-bond donors (Lipinski definition) is 4. The first kappa shape index (κ1) is 26.5. The normalized spacial score (nSPS) is 12.0. The summed E-state index contributed by atoms with van der Waals surface area (Å²) in [5.41, 5.74) is 0.261.